The number of hydrogen-bond donors (Lipinski definition) is 1. The standard InChI is InChI=1S/C14H21NO3/c1-9-5-11(3)13(6-10(9)2)18-8-12(15)7-14(16)17-4/h5-6,12H,7-8,15H2,1-4H3. The summed E-state index contributed by atoms with van der Waals surface area (Å²) in [4.78, 5) is 11.0. The first-order valence-electron chi connectivity index (χ1n) is 5.97. The van der Waals surface area contributed by atoms with Gasteiger partial charge in [0.1, 0.15) is 12.4 Å². The highest BCUT2D eigenvalue weighted by Gasteiger charge is 2.11. The molecule has 0 saturated heterocycles. The molecule has 2 N–H and O–H groups in total. The van der Waals surface area contributed by atoms with Gasteiger partial charge in [-0.1, -0.05) is 6.07 Å². The summed E-state index contributed by atoms with van der Waals surface area (Å²) in [6, 6.07) is 3.73. The number of nitrogens with two attached hydrogens (primary N) is 1. The lowest BCUT2D eigenvalue weighted by atomic mass is 10.1. The fourth-order valence-electron chi connectivity index (χ4n) is 1.64. The van der Waals surface area contributed by atoms with Gasteiger partial charge in [-0.25, -0.2) is 0 Å². The zero-order chi connectivity index (χ0) is 13.7. The molecule has 4 nitrogen and oxygen atoms in total. The van der Waals surface area contributed by atoms with Crippen molar-refractivity contribution in [3.05, 3.63) is 28.8 Å². The van der Waals surface area contributed by atoms with Gasteiger partial charge in [0.15, 0.2) is 0 Å². The predicted molar refractivity (Wildman–Crippen MR) is 70.8 cm³/mol. The SMILES string of the molecule is COC(=O)CC(N)COc1cc(C)c(C)cc1C. The van der Waals surface area contributed by atoms with Gasteiger partial charge < -0.3 is 15.2 Å². The van der Waals surface area contributed by atoms with Crippen LogP contribution in [-0.4, -0.2) is 25.7 Å². The van der Waals surface area contributed by atoms with E-state index in [4.69, 9.17) is 10.5 Å². The molecule has 18 heavy (non-hydrogen) atoms. The van der Waals surface area contributed by atoms with Crippen molar-refractivity contribution >= 4 is 5.97 Å². The third kappa shape index (κ3) is 4.04. The second-order valence-electron chi connectivity index (χ2n) is 4.55. The highest BCUT2D eigenvalue weighted by molar-refractivity contribution is 5.69. The van der Waals surface area contributed by atoms with Gasteiger partial charge in [-0.3, -0.25) is 4.79 Å². The summed E-state index contributed by atoms with van der Waals surface area (Å²) in [6.45, 7) is 6.40. The zero-order valence-corrected chi connectivity index (χ0v) is 11.4. The monoisotopic (exact) mass is 251 g/mol. The number of esters is 1. The van der Waals surface area contributed by atoms with E-state index >= 15 is 0 Å². The number of carbonyl (C=O) groups is 1. The zero-order valence-electron chi connectivity index (χ0n) is 11.4. The molecule has 0 aromatic heterocycles. The van der Waals surface area contributed by atoms with Crippen molar-refractivity contribution in [2.45, 2.75) is 33.2 Å². The van der Waals surface area contributed by atoms with E-state index in [1.165, 1.54) is 18.2 Å². The molecule has 0 amide bonds. The summed E-state index contributed by atoms with van der Waals surface area (Å²) in [5.41, 5.74) is 9.28. The van der Waals surface area contributed by atoms with Crippen molar-refractivity contribution in [2.24, 2.45) is 5.73 Å². The van der Waals surface area contributed by atoms with E-state index in [9.17, 15) is 4.79 Å². The molecule has 0 heterocycles. The van der Waals surface area contributed by atoms with Gasteiger partial charge in [-0.15, -0.1) is 0 Å². The van der Waals surface area contributed by atoms with Crippen molar-refractivity contribution < 1.29 is 14.3 Å². The molecule has 0 radical (unpaired) electrons. The van der Waals surface area contributed by atoms with Gasteiger partial charge in [0.2, 0.25) is 0 Å². The van der Waals surface area contributed by atoms with Gasteiger partial charge in [-0.2, -0.15) is 0 Å². The predicted octanol–water partition coefficient (Wildman–Crippen LogP) is 1.88. The van der Waals surface area contributed by atoms with Crippen LogP contribution in [-0.2, 0) is 9.53 Å². The Morgan fingerprint density at radius 1 is 1.22 bits per heavy atom. The highest BCUT2D eigenvalue weighted by atomic mass is 16.5. The van der Waals surface area contributed by atoms with Gasteiger partial charge in [0.05, 0.1) is 13.5 Å². The van der Waals surface area contributed by atoms with Crippen molar-refractivity contribution in [1.29, 1.82) is 0 Å². The molecule has 0 fully saturated rings. The van der Waals surface area contributed by atoms with Crippen molar-refractivity contribution in [3.8, 4) is 5.75 Å². The fourth-order valence-corrected chi connectivity index (χ4v) is 1.64. The van der Waals surface area contributed by atoms with Crippen LogP contribution < -0.4 is 10.5 Å². The minimum Gasteiger partial charge on any atom is -0.492 e. The van der Waals surface area contributed by atoms with Crippen LogP contribution in [0, 0.1) is 20.8 Å². The lowest BCUT2D eigenvalue weighted by Crippen LogP contribution is -2.31. The quantitative estimate of drug-likeness (QED) is 0.812. The van der Waals surface area contributed by atoms with Crippen LogP contribution in [0.15, 0.2) is 12.1 Å². The Kier molecular flexibility index (Phi) is 5.16. The third-order valence-corrected chi connectivity index (χ3v) is 2.90. The average molecular weight is 251 g/mol. The molecule has 0 aliphatic rings. The molecule has 100 valence electrons. The number of ether oxygens (including phenoxy) is 2. The number of hydrogen-bond acceptors (Lipinski definition) is 4. The van der Waals surface area contributed by atoms with Crippen LogP contribution in [0.2, 0.25) is 0 Å². The summed E-state index contributed by atoms with van der Waals surface area (Å²) in [5.74, 6) is 0.501. The van der Waals surface area contributed by atoms with Crippen LogP contribution in [0.4, 0.5) is 0 Å². The Labute approximate surface area is 108 Å². The summed E-state index contributed by atoms with van der Waals surface area (Å²) in [6.07, 6.45) is 0.167. The first-order valence-corrected chi connectivity index (χ1v) is 5.97. The fraction of sp³-hybridized carbons (Fsp3) is 0.500. The number of methoxy groups -OCH3 is 1. The molecule has 1 atom stereocenters. The molecule has 4 heteroatoms. The van der Waals surface area contributed by atoms with E-state index in [0.29, 0.717) is 6.61 Å². The largest absolute Gasteiger partial charge is 0.492 e. The van der Waals surface area contributed by atoms with Gasteiger partial charge >= 0.3 is 5.97 Å². The minimum absolute atomic E-state index is 0.167. The van der Waals surface area contributed by atoms with E-state index in [2.05, 4.69) is 17.7 Å². The maximum atomic E-state index is 11.0. The Morgan fingerprint density at radius 2 is 1.83 bits per heavy atom. The number of rotatable bonds is 5. The summed E-state index contributed by atoms with van der Waals surface area (Å²) in [5, 5.41) is 0. The van der Waals surface area contributed by atoms with Crippen LogP contribution >= 0.6 is 0 Å². The Morgan fingerprint density at radius 3 is 2.44 bits per heavy atom. The van der Waals surface area contributed by atoms with Gasteiger partial charge in [0.25, 0.3) is 0 Å². The van der Waals surface area contributed by atoms with E-state index in [0.717, 1.165) is 11.3 Å². The Balaban J connectivity index is 2.58. The molecule has 0 aliphatic carbocycles. The third-order valence-electron chi connectivity index (χ3n) is 2.90. The Bertz CT molecular complexity index is 429. The molecular weight excluding hydrogens is 230 g/mol. The molecule has 0 bridgehead atoms. The molecule has 0 aliphatic heterocycles. The highest BCUT2D eigenvalue weighted by Crippen LogP contribution is 2.22. The summed E-state index contributed by atoms with van der Waals surface area (Å²) in [7, 11) is 1.35. The van der Waals surface area contributed by atoms with Crippen molar-refractivity contribution in [1.82, 2.24) is 0 Å². The van der Waals surface area contributed by atoms with Crippen LogP contribution in [0.25, 0.3) is 0 Å². The van der Waals surface area contributed by atoms with E-state index in [1.807, 2.05) is 19.9 Å². The van der Waals surface area contributed by atoms with Crippen LogP contribution in [0.3, 0.4) is 0 Å². The minimum atomic E-state index is -0.349. The van der Waals surface area contributed by atoms with E-state index in [-0.39, 0.29) is 18.4 Å². The molecule has 1 aromatic rings. The lowest BCUT2D eigenvalue weighted by Gasteiger charge is -2.15. The van der Waals surface area contributed by atoms with Crippen LogP contribution in [0.1, 0.15) is 23.1 Å². The first kappa shape index (κ1) is 14.5. The first-order chi connectivity index (χ1) is 8.43. The maximum absolute atomic E-state index is 11.0. The molecule has 1 aromatic carbocycles. The molecular formula is C14H21NO3. The second kappa shape index (κ2) is 6.40. The summed E-state index contributed by atoms with van der Waals surface area (Å²) < 4.78 is 10.2. The normalized spacial score (nSPS) is 12.1. The topological polar surface area (TPSA) is 61.5 Å². The smallest absolute Gasteiger partial charge is 0.307 e. The second-order valence-corrected chi connectivity index (χ2v) is 4.55. The van der Waals surface area contributed by atoms with E-state index in [1.54, 1.807) is 0 Å². The lowest BCUT2D eigenvalue weighted by molar-refractivity contribution is -0.141. The van der Waals surface area contributed by atoms with E-state index < -0.39 is 0 Å². The number of aryl methyl sites for hydroxylation is 3. The Hall–Kier alpha value is -1.55. The molecule has 0 spiro atoms. The average Bonchev–Trinajstić information content (AvgIpc) is 2.32. The molecule has 1 rings (SSSR count). The molecule has 1 unspecified atom stereocenters. The number of carbonyl (C=O) groups excluding carboxylic acids is 1. The maximum Gasteiger partial charge on any atom is 0.307 e. The number of benzene rings is 1. The molecule has 0 saturated carbocycles. The van der Waals surface area contributed by atoms with Gasteiger partial charge in [0, 0.05) is 6.04 Å². The van der Waals surface area contributed by atoms with Crippen LogP contribution in [0.5, 0.6) is 5.75 Å². The van der Waals surface area contributed by atoms with Crippen molar-refractivity contribution in [2.75, 3.05) is 13.7 Å². The summed E-state index contributed by atoms with van der Waals surface area (Å²) >= 11 is 0. The van der Waals surface area contributed by atoms with Crippen molar-refractivity contribution in [3.63, 3.8) is 0 Å². The van der Waals surface area contributed by atoms with Gasteiger partial charge in [-0.05, 0) is 43.5 Å².